The Morgan fingerprint density at radius 3 is 2.33 bits per heavy atom. The SMILES string of the molecule is CCCCCCOc1ccc(C(=O)N/N=C(\CC)CCCC)cc1. The molecule has 4 heteroatoms. The number of rotatable bonds is 12. The van der Waals surface area contributed by atoms with Crippen LogP contribution in [0.1, 0.15) is 82.5 Å². The fourth-order valence-electron chi connectivity index (χ4n) is 2.31. The molecule has 0 bridgehead atoms. The normalized spacial score (nSPS) is 11.4. The fourth-order valence-corrected chi connectivity index (χ4v) is 2.31. The lowest BCUT2D eigenvalue weighted by Crippen LogP contribution is -2.19. The third-order valence-corrected chi connectivity index (χ3v) is 3.93. The number of hydrogen-bond donors (Lipinski definition) is 1. The van der Waals surface area contributed by atoms with Crippen LogP contribution in [-0.2, 0) is 0 Å². The Morgan fingerprint density at radius 1 is 1.00 bits per heavy atom. The highest BCUT2D eigenvalue weighted by molar-refractivity contribution is 5.95. The summed E-state index contributed by atoms with van der Waals surface area (Å²) < 4.78 is 5.69. The maximum atomic E-state index is 12.1. The van der Waals surface area contributed by atoms with Gasteiger partial charge in [0.05, 0.1) is 6.61 Å². The lowest BCUT2D eigenvalue weighted by molar-refractivity contribution is 0.0954. The first kappa shape index (κ1) is 20.2. The predicted octanol–water partition coefficient (Wildman–Crippen LogP) is 5.33. The zero-order chi connectivity index (χ0) is 17.6. The number of nitrogens with one attached hydrogen (secondary N) is 1. The smallest absolute Gasteiger partial charge is 0.271 e. The number of amides is 1. The molecule has 0 saturated heterocycles. The highest BCUT2D eigenvalue weighted by atomic mass is 16.5. The van der Waals surface area contributed by atoms with E-state index in [1.807, 2.05) is 12.1 Å². The average Bonchev–Trinajstić information content (AvgIpc) is 2.62. The molecule has 0 saturated carbocycles. The van der Waals surface area contributed by atoms with Crippen molar-refractivity contribution in [2.45, 2.75) is 72.1 Å². The van der Waals surface area contributed by atoms with Gasteiger partial charge in [0.25, 0.3) is 5.91 Å². The van der Waals surface area contributed by atoms with Gasteiger partial charge < -0.3 is 4.74 Å². The van der Waals surface area contributed by atoms with Gasteiger partial charge in [-0.1, -0.05) is 46.5 Å². The maximum Gasteiger partial charge on any atom is 0.271 e. The monoisotopic (exact) mass is 332 g/mol. The van der Waals surface area contributed by atoms with Gasteiger partial charge in [-0.2, -0.15) is 5.10 Å². The Kier molecular flexibility index (Phi) is 10.6. The molecule has 1 aromatic carbocycles. The largest absolute Gasteiger partial charge is 0.494 e. The number of nitrogens with zero attached hydrogens (tertiary/aromatic N) is 1. The molecule has 0 atom stereocenters. The van der Waals surface area contributed by atoms with Crippen molar-refractivity contribution < 1.29 is 9.53 Å². The van der Waals surface area contributed by atoms with Gasteiger partial charge in [-0.3, -0.25) is 4.79 Å². The van der Waals surface area contributed by atoms with Crippen LogP contribution in [0.5, 0.6) is 5.75 Å². The topological polar surface area (TPSA) is 50.7 Å². The summed E-state index contributed by atoms with van der Waals surface area (Å²) in [7, 11) is 0. The molecule has 0 heterocycles. The van der Waals surface area contributed by atoms with Crippen molar-refractivity contribution in [3.05, 3.63) is 29.8 Å². The van der Waals surface area contributed by atoms with Gasteiger partial charge in [0.15, 0.2) is 0 Å². The first-order chi connectivity index (χ1) is 11.7. The van der Waals surface area contributed by atoms with E-state index in [1.165, 1.54) is 19.3 Å². The zero-order valence-electron chi connectivity index (χ0n) is 15.4. The molecule has 1 amide bonds. The predicted molar refractivity (Wildman–Crippen MR) is 101 cm³/mol. The van der Waals surface area contributed by atoms with Crippen LogP contribution < -0.4 is 10.2 Å². The molecule has 0 aliphatic carbocycles. The number of carbonyl (C=O) groups excluding carboxylic acids is 1. The minimum Gasteiger partial charge on any atom is -0.494 e. The Bertz CT molecular complexity index is 495. The lowest BCUT2D eigenvalue weighted by Gasteiger charge is -2.07. The summed E-state index contributed by atoms with van der Waals surface area (Å²) in [4.78, 5) is 12.1. The molecular formula is C20H32N2O2. The van der Waals surface area contributed by atoms with Crippen molar-refractivity contribution >= 4 is 11.6 Å². The van der Waals surface area contributed by atoms with Gasteiger partial charge in [0.2, 0.25) is 0 Å². The lowest BCUT2D eigenvalue weighted by atomic mass is 10.1. The zero-order valence-corrected chi connectivity index (χ0v) is 15.4. The van der Waals surface area contributed by atoms with E-state index in [0.717, 1.165) is 50.2 Å². The van der Waals surface area contributed by atoms with Gasteiger partial charge in [-0.15, -0.1) is 0 Å². The van der Waals surface area contributed by atoms with E-state index in [1.54, 1.807) is 12.1 Å². The van der Waals surface area contributed by atoms with Crippen LogP contribution in [0.15, 0.2) is 29.4 Å². The third-order valence-electron chi connectivity index (χ3n) is 3.93. The fraction of sp³-hybridized carbons (Fsp3) is 0.600. The molecule has 134 valence electrons. The van der Waals surface area contributed by atoms with Crippen LogP contribution in [0.4, 0.5) is 0 Å². The standard InChI is InChI=1S/C20H32N2O2/c1-4-7-9-10-16-24-19-14-12-17(13-15-19)20(23)22-21-18(6-3)11-8-5-2/h12-15H,4-11,16H2,1-3H3,(H,22,23)/b21-18+. The van der Waals surface area contributed by atoms with Crippen LogP contribution in [-0.4, -0.2) is 18.2 Å². The number of ether oxygens (including phenoxy) is 1. The summed E-state index contributed by atoms with van der Waals surface area (Å²) in [6, 6.07) is 7.25. The minimum absolute atomic E-state index is 0.174. The van der Waals surface area contributed by atoms with Gasteiger partial charge in [0.1, 0.15) is 5.75 Å². The van der Waals surface area contributed by atoms with Crippen molar-refractivity contribution in [3.63, 3.8) is 0 Å². The number of hydrazone groups is 1. The van der Waals surface area contributed by atoms with Crippen molar-refractivity contribution in [1.29, 1.82) is 0 Å². The summed E-state index contributed by atoms with van der Waals surface area (Å²) in [6.07, 6.45) is 8.80. The maximum absolute atomic E-state index is 12.1. The second kappa shape index (κ2) is 12.6. The number of carbonyl (C=O) groups is 1. The molecule has 1 rings (SSSR count). The average molecular weight is 332 g/mol. The quantitative estimate of drug-likeness (QED) is 0.319. The molecule has 0 spiro atoms. The van der Waals surface area contributed by atoms with Crippen LogP contribution >= 0.6 is 0 Å². The van der Waals surface area contributed by atoms with Crippen molar-refractivity contribution in [1.82, 2.24) is 5.43 Å². The van der Waals surface area contributed by atoms with E-state index in [2.05, 4.69) is 31.3 Å². The molecule has 1 aromatic rings. The molecule has 0 unspecified atom stereocenters. The second-order valence-corrected chi connectivity index (χ2v) is 6.01. The van der Waals surface area contributed by atoms with E-state index >= 15 is 0 Å². The summed E-state index contributed by atoms with van der Waals surface area (Å²) in [5, 5.41) is 4.24. The first-order valence-electron chi connectivity index (χ1n) is 9.29. The Labute approximate surface area is 146 Å². The summed E-state index contributed by atoms with van der Waals surface area (Å²) >= 11 is 0. The summed E-state index contributed by atoms with van der Waals surface area (Å²) in [5.74, 6) is 0.635. The van der Waals surface area contributed by atoms with E-state index in [0.29, 0.717) is 5.56 Å². The molecule has 1 N–H and O–H groups in total. The number of unbranched alkanes of at least 4 members (excludes halogenated alkanes) is 4. The molecule has 0 aliphatic heterocycles. The summed E-state index contributed by atoms with van der Waals surface area (Å²) in [6.45, 7) is 7.14. The van der Waals surface area contributed by atoms with E-state index in [-0.39, 0.29) is 5.91 Å². The van der Waals surface area contributed by atoms with Crippen LogP contribution in [0, 0.1) is 0 Å². The van der Waals surface area contributed by atoms with Crippen LogP contribution in [0.2, 0.25) is 0 Å². The molecule has 0 radical (unpaired) electrons. The molecule has 0 aliphatic rings. The van der Waals surface area contributed by atoms with Crippen LogP contribution in [0.3, 0.4) is 0 Å². The van der Waals surface area contributed by atoms with E-state index in [4.69, 9.17) is 4.74 Å². The highest BCUT2D eigenvalue weighted by Crippen LogP contribution is 2.13. The molecule has 0 aromatic heterocycles. The van der Waals surface area contributed by atoms with Gasteiger partial charge in [-0.05, 0) is 49.9 Å². The second-order valence-electron chi connectivity index (χ2n) is 6.01. The van der Waals surface area contributed by atoms with E-state index < -0.39 is 0 Å². The minimum atomic E-state index is -0.174. The Morgan fingerprint density at radius 2 is 1.71 bits per heavy atom. The van der Waals surface area contributed by atoms with Crippen LogP contribution in [0.25, 0.3) is 0 Å². The van der Waals surface area contributed by atoms with Gasteiger partial charge in [0, 0.05) is 11.3 Å². The Balaban J connectivity index is 2.43. The van der Waals surface area contributed by atoms with Crippen molar-refractivity contribution in [2.24, 2.45) is 5.10 Å². The number of hydrogen-bond acceptors (Lipinski definition) is 3. The van der Waals surface area contributed by atoms with Gasteiger partial charge in [-0.25, -0.2) is 5.43 Å². The molecule has 4 nitrogen and oxygen atoms in total. The van der Waals surface area contributed by atoms with Crippen molar-refractivity contribution in [3.8, 4) is 5.75 Å². The first-order valence-corrected chi connectivity index (χ1v) is 9.29. The highest BCUT2D eigenvalue weighted by Gasteiger charge is 2.05. The molecule has 0 fully saturated rings. The number of benzene rings is 1. The van der Waals surface area contributed by atoms with Crippen molar-refractivity contribution in [2.75, 3.05) is 6.61 Å². The Hall–Kier alpha value is -1.84. The van der Waals surface area contributed by atoms with E-state index in [9.17, 15) is 4.79 Å². The summed E-state index contributed by atoms with van der Waals surface area (Å²) in [5.41, 5.74) is 4.29. The molecular weight excluding hydrogens is 300 g/mol. The van der Waals surface area contributed by atoms with Gasteiger partial charge >= 0.3 is 0 Å². The molecule has 24 heavy (non-hydrogen) atoms. The third kappa shape index (κ3) is 8.14.